The fraction of sp³-hybridized carbons (Fsp3) is 0.316. The molecule has 7 heteroatoms. The molecular weight excluding hydrogens is 350 g/mol. The van der Waals surface area contributed by atoms with Gasteiger partial charge in [0, 0.05) is 25.7 Å². The van der Waals surface area contributed by atoms with Crippen molar-refractivity contribution in [2.45, 2.75) is 25.7 Å². The number of hydrogen-bond donors (Lipinski definition) is 1. The standard InChI is InChI=1S/C19H25N3O3S/c1-5-22(6-2)26(24,25)17-13-12-15(3)18(14-17)19(23)20-21(4)16-10-8-7-9-11-16/h7-14H,5-6H2,1-4H3,(H,20,23). The number of nitrogens with zero attached hydrogens (tertiary/aromatic N) is 2. The Balaban J connectivity index is 2.31. The van der Waals surface area contributed by atoms with Crippen molar-refractivity contribution in [3.05, 3.63) is 59.7 Å². The number of para-hydroxylation sites is 1. The monoisotopic (exact) mass is 375 g/mol. The van der Waals surface area contributed by atoms with Crippen molar-refractivity contribution in [3.63, 3.8) is 0 Å². The molecule has 140 valence electrons. The quantitative estimate of drug-likeness (QED) is 0.756. The molecule has 26 heavy (non-hydrogen) atoms. The first-order valence-corrected chi connectivity index (χ1v) is 9.95. The number of carbonyl (C=O) groups is 1. The molecular formula is C19H25N3O3S. The van der Waals surface area contributed by atoms with E-state index in [2.05, 4.69) is 5.43 Å². The van der Waals surface area contributed by atoms with Crippen LogP contribution in [0.5, 0.6) is 0 Å². The molecule has 0 atom stereocenters. The number of sulfonamides is 1. The van der Waals surface area contributed by atoms with Gasteiger partial charge in [-0.15, -0.1) is 0 Å². The molecule has 2 rings (SSSR count). The van der Waals surface area contributed by atoms with Gasteiger partial charge in [0.05, 0.1) is 10.6 Å². The van der Waals surface area contributed by atoms with Gasteiger partial charge in [-0.05, 0) is 36.8 Å². The van der Waals surface area contributed by atoms with Crippen LogP contribution < -0.4 is 10.4 Å². The smallest absolute Gasteiger partial charge is 0.270 e. The second-order valence-electron chi connectivity index (χ2n) is 5.90. The van der Waals surface area contributed by atoms with E-state index in [9.17, 15) is 13.2 Å². The Bertz CT molecular complexity index is 863. The molecule has 0 aromatic heterocycles. The molecule has 0 radical (unpaired) electrons. The molecule has 2 aromatic carbocycles. The van der Waals surface area contributed by atoms with Crippen LogP contribution in [-0.2, 0) is 10.0 Å². The number of hydrazine groups is 1. The fourth-order valence-corrected chi connectivity index (χ4v) is 4.13. The summed E-state index contributed by atoms with van der Waals surface area (Å²) < 4.78 is 26.8. The highest BCUT2D eigenvalue weighted by molar-refractivity contribution is 7.89. The molecule has 0 aliphatic carbocycles. The minimum atomic E-state index is -3.61. The maximum atomic E-state index is 12.7. The third-order valence-electron chi connectivity index (χ3n) is 4.21. The molecule has 0 aliphatic rings. The molecule has 0 aliphatic heterocycles. The largest absolute Gasteiger partial charge is 0.288 e. The lowest BCUT2D eigenvalue weighted by Gasteiger charge is -2.22. The van der Waals surface area contributed by atoms with E-state index in [-0.39, 0.29) is 10.8 Å². The van der Waals surface area contributed by atoms with Crippen molar-refractivity contribution < 1.29 is 13.2 Å². The van der Waals surface area contributed by atoms with Gasteiger partial charge >= 0.3 is 0 Å². The maximum absolute atomic E-state index is 12.7. The van der Waals surface area contributed by atoms with Gasteiger partial charge in [-0.1, -0.05) is 38.1 Å². The van der Waals surface area contributed by atoms with Crippen molar-refractivity contribution in [1.29, 1.82) is 0 Å². The lowest BCUT2D eigenvalue weighted by Crippen LogP contribution is -2.39. The lowest BCUT2D eigenvalue weighted by atomic mass is 10.1. The van der Waals surface area contributed by atoms with Crippen molar-refractivity contribution >= 4 is 21.6 Å². The van der Waals surface area contributed by atoms with Crippen LogP contribution in [0.15, 0.2) is 53.4 Å². The summed E-state index contributed by atoms with van der Waals surface area (Å²) in [6.45, 7) is 6.12. The molecule has 6 nitrogen and oxygen atoms in total. The van der Waals surface area contributed by atoms with E-state index in [0.29, 0.717) is 24.2 Å². The van der Waals surface area contributed by atoms with Crippen LogP contribution >= 0.6 is 0 Å². The molecule has 0 heterocycles. The summed E-state index contributed by atoms with van der Waals surface area (Å²) in [6.07, 6.45) is 0. The molecule has 2 aromatic rings. The third kappa shape index (κ3) is 4.23. The van der Waals surface area contributed by atoms with Crippen molar-refractivity contribution in [2.75, 3.05) is 25.1 Å². The maximum Gasteiger partial charge on any atom is 0.270 e. The zero-order chi connectivity index (χ0) is 19.3. The van der Waals surface area contributed by atoms with Gasteiger partial charge in [-0.3, -0.25) is 15.2 Å². The van der Waals surface area contributed by atoms with Crippen LogP contribution in [-0.4, -0.2) is 38.8 Å². The molecule has 0 bridgehead atoms. The number of anilines is 1. The molecule has 1 N–H and O–H groups in total. The predicted molar refractivity (Wildman–Crippen MR) is 104 cm³/mol. The van der Waals surface area contributed by atoms with Gasteiger partial charge in [-0.25, -0.2) is 8.42 Å². The number of nitrogens with one attached hydrogen (secondary N) is 1. The van der Waals surface area contributed by atoms with E-state index in [1.807, 2.05) is 30.3 Å². The summed E-state index contributed by atoms with van der Waals surface area (Å²) in [5.74, 6) is -0.356. The normalized spacial score (nSPS) is 11.4. The highest BCUT2D eigenvalue weighted by Crippen LogP contribution is 2.20. The summed E-state index contributed by atoms with van der Waals surface area (Å²) in [6, 6.07) is 14.0. The predicted octanol–water partition coefficient (Wildman–Crippen LogP) is 2.81. The summed E-state index contributed by atoms with van der Waals surface area (Å²) in [4.78, 5) is 12.8. The van der Waals surface area contributed by atoms with E-state index in [4.69, 9.17) is 0 Å². The Labute approximate surface area is 155 Å². The number of benzene rings is 2. The van der Waals surface area contributed by atoms with Crippen molar-refractivity contribution in [1.82, 2.24) is 9.73 Å². The van der Waals surface area contributed by atoms with Gasteiger partial charge in [0.25, 0.3) is 5.91 Å². The average molecular weight is 375 g/mol. The van der Waals surface area contributed by atoms with Crippen LogP contribution in [0.1, 0.15) is 29.8 Å². The zero-order valence-electron chi connectivity index (χ0n) is 15.6. The molecule has 1 amide bonds. The molecule has 0 saturated heterocycles. The first-order chi connectivity index (χ1) is 12.3. The van der Waals surface area contributed by atoms with Crippen LogP contribution in [0.4, 0.5) is 5.69 Å². The van der Waals surface area contributed by atoms with E-state index in [1.54, 1.807) is 45.0 Å². The van der Waals surface area contributed by atoms with Gasteiger partial charge in [-0.2, -0.15) is 4.31 Å². The summed E-state index contributed by atoms with van der Waals surface area (Å²) in [7, 11) is -1.88. The Kier molecular flexibility index (Phi) is 6.39. The third-order valence-corrected chi connectivity index (χ3v) is 6.26. The van der Waals surface area contributed by atoms with E-state index in [1.165, 1.54) is 10.4 Å². The van der Waals surface area contributed by atoms with Crippen molar-refractivity contribution in [2.24, 2.45) is 0 Å². The van der Waals surface area contributed by atoms with Crippen LogP contribution in [0.25, 0.3) is 0 Å². The molecule has 0 unspecified atom stereocenters. The molecule has 0 fully saturated rings. The van der Waals surface area contributed by atoms with Crippen LogP contribution in [0.2, 0.25) is 0 Å². The van der Waals surface area contributed by atoms with E-state index < -0.39 is 10.0 Å². The second-order valence-corrected chi connectivity index (χ2v) is 7.84. The fourth-order valence-electron chi connectivity index (χ4n) is 2.65. The Hall–Kier alpha value is -2.38. The van der Waals surface area contributed by atoms with Crippen LogP contribution in [0.3, 0.4) is 0 Å². The first kappa shape index (κ1) is 19.9. The zero-order valence-corrected chi connectivity index (χ0v) is 16.4. The summed E-state index contributed by atoms with van der Waals surface area (Å²) in [5.41, 5.74) is 4.64. The summed E-state index contributed by atoms with van der Waals surface area (Å²) >= 11 is 0. The van der Waals surface area contributed by atoms with Gasteiger partial charge in [0.15, 0.2) is 0 Å². The minimum Gasteiger partial charge on any atom is -0.288 e. The van der Waals surface area contributed by atoms with Gasteiger partial charge < -0.3 is 0 Å². The number of aryl methyl sites for hydroxylation is 1. The first-order valence-electron chi connectivity index (χ1n) is 8.51. The highest BCUT2D eigenvalue weighted by Gasteiger charge is 2.23. The summed E-state index contributed by atoms with van der Waals surface area (Å²) in [5, 5.41) is 1.60. The van der Waals surface area contributed by atoms with Crippen molar-refractivity contribution in [3.8, 4) is 0 Å². The van der Waals surface area contributed by atoms with E-state index >= 15 is 0 Å². The number of hydrogen-bond acceptors (Lipinski definition) is 4. The average Bonchev–Trinajstić information content (AvgIpc) is 2.63. The topological polar surface area (TPSA) is 69.7 Å². The number of amides is 1. The van der Waals surface area contributed by atoms with Gasteiger partial charge in [0.1, 0.15) is 0 Å². The van der Waals surface area contributed by atoms with E-state index in [0.717, 1.165) is 5.69 Å². The molecule has 0 spiro atoms. The Morgan fingerprint density at radius 3 is 2.23 bits per heavy atom. The Morgan fingerprint density at radius 2 is 1.65 bits per heavy atom. The molecule has 0 saturated carbocycles. The van der Waals surface area contributed by atoms with Crippen LogP contribution in [0, 0.1) is 6.92 Å². The second kappa shape index (κ2) is 8.33. The highest BCUT2D eigenvalue weighted by atomic mass is 32.2. The minimum absolute atomic E-state index is 0.124. The van der Waals surface area contributed by atoms with Gasteiger partial charge in [0.2, 0.25) is 10.0 Å². The Morgan fingerprint density at radius 1 is 1.04 bits per heavy atom. The lowest BCUT2D eigenvalue weighted by molar-refractivity contribution is 0.0950. The number of carbonyl (C=O) groups excluding carboxylic acids is 1. The SMILES string of the molecule is CCN(CC)S(=O)(=O)c1ccc(C)c(C(=O)NN(C)c2ccccc2)c1. The number of rotatable bonds is 7.